The fourth-order valence-corrected chi connectivity index (χ4v) is 4.67. The molecule has 2 rings (SSSR count). The SMILES string of the molecule is C=C(C1CCCCC1)N1CC(C)([Si](C)(O)CO)C1. The van der Waals surface area contributed by atoms with Gasteiger partial charge in [0.15, 0.2) is 0 Å². The number of nitrogens with zero attached hydrogens (tertiary/aromatic N) is 1. The van der Waals surface area contributed by atoms with Gasteiger partial charge in [-0.1, -0.05) is 32.8 Å². The van der Waals surface area contributed by atoms with Gasteiger partial charge in [-0.05, 0) is 25.3 Å². The van der Waals surface area contributed by atoms with Crippen LogP contribution in [0.1, 0.15) is 39.0 Å². The average Bonchev–Trinajstić information content (AvgIpc) is 2.35. The summed E-state index contributed by atoms with van der Waals surface area (Å²) in [6.45, 7) is 10.0. The van der Waals surface area contributed by atoms with Crippen molar-refractivity contribution in [2.75, 3.05) is 19.3 Å². The Morgan fingerprint density at radius 1 is 1.33 bits per heavy atom. The summed E-state index contributed by atoms with van der Waals surface area (Å²) in [7, 11) is -2.48. The molecule has 0 bridgehead atoms. The summed E-state index contributed by atoms with van der Waals surface area (Å²) in [4.78, 5) is 12.7. The minimum absolute atomic E-state index is 0.0345. The molecule has 2 fully saturated rings. The number of aliphatic hydroxyl groups is 1. The zero-order valence-electron chi connectivity index (χ0n) is 11.8. The molecule has 0 amide bonds. The van der Waals surface area contributed by atoms with E-state index >= 15 is 0 Å². The van der Waals surface area contributed by atoms with Crippen molar-refractivity contribution < 1.29 is 9.90 Å². The first-order chi connectivity index (χ1) is 8.39. The molecule has 0 aromatic carbocycles. The molecule has 3 nitrogen and oxygen atoms in total. The van der Waals surface area contributed by atoms with Gasteiger partial charge >= 0.3 is 0 Å². The number of allylic oxidation sites excluding steroid dienone is 1. The average molecular weight is 269 g/mol. The van der Waals surface area contributed by atoms with Crippen molar-refractivity contribution in [2.45, 2.75) is 50.6 Å². The van der Waals surface area contributed by atoms with E-state index < -0.39 is 8.32 Å². The molecule has 18 heavy (non-hydrogen) atoms. The predicted molar refractivity (Wildman–Crippen MR) is 76.6 cm³/mol. The van der Waals surface area contributed by atoms with Crippen molar-refractivity contribution in [1.82, 2.24) is 4.90 Å². The molecule has 0 radical (unpaired) electrons. The number of likely N-dealkylation sites (tertiary alicyclic amines) is 1. The van der Waals surface area contributed by atoms with Crippen LogP contribution >= 0.6 is 0 Å². The van der Waals surface area contributed by atoms with E-state index in [-0.39, 0.29) is 11.3 Å². The lowest BCUT2D eigenvalue weighted by molar-refractivity contribution is 0.120. The van der Waals surface area contributed by atoms with Crippen LogP contribution in [0.25, 0.3) is 0 Å². The maximum Gasteiger partial charge on any atom is 0.219 e. The Hall–Kier alpha value is -0.323. The number of hydrogen-bond acceptors (Lipinski definition) is 3. The summed E-state index contributed by atoms with van der Waals surface area (Å²) in [5.41, 5.74) is 1.27. The molecule has 2 aliphatic rings. The van der Waals surface area contributed by atoms with Crippen LogP contribution in [0.3, 0.4) is 0 Å². The molecule has 2 N–H and O–H groups in total. The van der Waals surface area contributed by atoms with E-state index in [1.54, 1.807) is 0 Å². The molecule has 1 aliphatic heterocycles. The molecule has 0 aromatic rings. The molecule has 1 unspecified atom stereocenters. The van der Waals surface area contributed by atoms with Gasteiger partial charge in [-0.3, -0.25) is 0 Å². The topological polar surface area (TPSA) is 43.7 Å². The summed E-state index contributed by atoms with van der Waals surface area (Å²) in [5, 5.41) is 9.27. The lowest BCUT2D eigenvalue weighted by atomic mass is 9.85. The second-order valence-electron chi connectivity index (χ2n) is 6.67. The molecule has 1 aliphatic carbocycles. The molecule has 0 aromatic heterocycles. The fourth-order valence-electron chi connectivity index (χ4n) is 3.22. The van der Waals surface area contributed by atoms with Crippen LogP contribution in [0.2, 0.25) is 11.6 Å². The summed E-state index contributed by atoms with van der Waals surface area (Å²) < 4.78 is 0. The van der Waals surface area contributed by atoms with Crippen molar-refractivity contribution in [3.05, 3.63) is 12.3 Å². The minimum Gasteiger partial charge on any atom is -0.429 e. The largest absolute Gasteiger partial charge is 0.429 e. The monoisotopic (exact) mass is 269 g/mol. The Bertz CT molecular complexity index is 318. The van der Waals surface area contributed by atoms with Gasteiger partial charge in [-0.2, -0.15) is 0 Å². The number of rotatable bonds is 4. The highest BCUT2D eigenvalue weighted by molar-refractivity contribution is 6.74. The lowest BCUT2D eigenvalue weighted by Gasteiger charge is -2.56. The van der Waals surface area contributed by atoms with Gasteiger partial charge in [0.2, 0.25) is 8.32 Å². The van der Waals surface area contributed by atoms with Gasteiger partial charge < -0.3 is 14.8 Å². The predicted octanol–water partition coefficient (Wildman–Crippen LogP) is 2.26. The summed E-state index contributed by atoms with van der Waals surface area (Å²) in [6.07, 6.45) is 6.55. The third-order valence-corrected chi connectivity index (χ3v) is 8.70. The quantitative estimate of drug-likeness (QED) is 0.769. The normalized spacial score (nSPS) is 27.4. The Kier molecular flexibility index (Phi) is 3.90. The molecule has 0 spiro atoms. The van der Waals surface area contributed by atoms with Crippen LogP contribution in [-0.4, -0.2) is 42.4 Å². The first kappa shape index (κ1) is 14.1. The maximum atomic E-state index is 10.3. The highest BCUT2D eigenvalue weighted by Gasteiger charge is 2.54. The fraction of sp³-hybridized carbons (Fsp3) is 0.857. The van der Waals surface area contributed by atoms with Crippen LogP contribution in [0.15, 0.2) is 12.3 Å². The molecule has 1 saturated carbocycles. The molecule has 4 heteroatoms. The van der Waals surface area contributed by atoms with Crippen molar-refractivity contribution in [2.24, 2.45) is 5.92 Å². The number of aliphatic hydroxyl groups excluding tert-OH is 1. The molecule has 1 atom stereocenters. The number of hydrogen-bond donors (Lipinski definition) is 2. The van der Waals surface area contributed by atoms with E-state index in [9.17, 15) is 9.90 Å². The standard InChI is InChI=1S/C14H27NO2Si/c1-12(13-7-5-4-6-8-13)15-9-14(2,10-15)18(3,17)11-16/h13,16-17H,1,4-11H2,2-3H3. The maximum absolute atomic E-state index is 10.3. The van der Waals surface area contributed by atoms with Gasteiger partial charge in [-0.25, -0.2) is 0 Å². The third-order valence-electron chi connectivity index (χ3n) is 5.17. The first-order valence-electron chi connectivity index (χ1n) is 7.17. The van der Waals surface area contributed by atoms with Crippen LogP contribution in [-0.2, 0) is 0 Å². The molecular formula is C14H27NO2Si. The van der Waals surface area contributed by atoms with Crippen LogP contribution in [0, 0.1) is 5.92 Å². The lowest BCUT2D eigenvalue weighted by Crippen LogP contribution is -2.64. The molecular weight excluding hydrogens is 242 g/mol. The van der Waals surface area contributed by atoms with Crippen molar-refractivity contribution in [3.63, 3.8) is 0 Å². The Labute approximate surface area is 112 Å². The van der Waals surface area contributed by atoms with Crippen molar-refractivity contribution in [3.8, 4) is 0 Å². The van der Waals surface area contributed by atoms with E-state index in [0.29, 0.717) is 5.92 Å². The smallest absolute Gasteiger partial charge is 0.219 e. The van der Waals surface area contributed by atoms with Crippen LogP contribution in [0.4, 0.5) is 0 Å². The summed E-state index contributed by atoms with van der Waals surface area (Å²) >= 11 is 0. The van der Waals surface area contributed by atoms with E-state index in [1.807, 2.05) is 6.55 Å². The zero-order valence-corrected chi connectivity index (χ0v) is 12.8. The van der Waals surface area contributed by atoms with Crippen LogP contribution in [0.5, 0.6) is 0 Å². The van der Waals surface area contributed by atoms with E-state index in [0.717, 1.165) is 13.1 Å². The molecule has 1 saturated heterocycles. The zero-order chi connectivity index (χ0) is 13.4. The summed E-state index contributed by atoms with van der Waals surface area (Å²) in [6, 6.07) is 0. The summed E-state index contributed by atoms with van der Waals surface area (Å²) in [5.74, 6) is 0.657. The Morgan fingerprint density at radius 3 is 2.39 bits per heavy atom. The van der Waals surface area contributed by atoms with E-state index in [2.05, 4.69) is 18.4 Å². The minimum atomic E-state index is -2.48. The van der Waals surface area contributed by atoms with Gasteiger partial charge in [-0.15, -0.1) is 0 Å². The highest BCUT2D eigenvalue weighted by Crippen LogP contribution is 2.47. The second-order valence-corrected chi connectivity index (χ2v) is 10.7. The molecule has 1 heterocycles. The highest BCUT2D eigenvalue weighted by atomic mass is 28.4. The van der Waals surface area contributed by atoms with Crippen LogP contribution < -0.4 is 0 Å². The third kappa shape index (κ3) is 2.38. The Morgan fingerprint density at radius 2 is 1.89 bits per heavy atom. The van der Waals surface area contributed by atoms with Gasteiger partial charge in [0, 0.05) is 23.8 Å². The second kappa shape index (κ2) is 4.98. The van der Waals surface area contributed by atoms with Gasteiger partial charge in [0.05, 0.1) is 6.23 Å². The molecule has 104 valence electrons. The van der Waals surface area contributed by atoms with Gasteiger partial charge in [0.25, 0.3) is 0 Å². The van der Waals surface area contributed by atoms with E-state index in [1.165, 1.54) is 37.8 Å². The first-order valence-corrected chi connectivity index (χ1v) is 9.82. The van der Waals surface area contributed by atoms with Crippen molar-refractivity contribution >= 4 is 8.32 Å². The Balaban J connectivity index is 1.90. The van der Waals surface area contributed by atoms with E-state index in [4.69, 9.17) is 0 Å². The van der Waals surface area contributed by atoms with Crippen molar-refractivity contribution in [1.29, 1.82) is 0 Å². The van der Waals surface area contributed by atoms with Gasteiger partial charge in [0.1, 0.15) is 0 Å².